The molecule has 7 heteroatoms. The van der Waals surface area contributed by atoms with Crippen LogP contribution < -0.4 is 4.74 Å². The Morgan fingerprint density at radius 1 is 1.09 bits per heavy atom. The monoisotopic (exact) mass is 470 g/mol. The van der Waals surface area contributed by atoms with E-state index in [4.69, 9.17) is 4.74 Å². The lowest BCUT2D eigenvalue weighted by atomic mass is 9.94. The number of nitrogens with one attached hydrogen (secondary N) is 1. The molecule has 2 N–H and O–H groups in total. The van der Waals surface area contributed by atoms with Crippen molar-refractivity contribution in [1.29, 1.82) is 0 Å². The molecule has 1 amide bonds. The first-order valence-corrected chi connectivity index (χ1v) is 11.1. The maximum absolute atomic E-state index is 13.9. The number of benzene rings is 3. The van der Waals surface area contributed by atoms with Gasteiger partial charge in [-0.2, -0.15) is 0 Å². The molecule has 1 unspecified atom stereocenters. The Balaban J connectivity index is 1.68. The van der Waals surface area contributed by atoms with Gasteiger partial charge in [0.25, 0.3) is 11.7 Å². The molecule has 1 fully saturated rings. The number of ether oxygens (including phenoxy) is 1. The van der Waals surface area contributed by atoms with Gasteiger partial charge < -0.3 is 19.7 Å². The number of H-pyrrole nitrogens is 1. The second-order valence-corrected chi connectivity index (χ2v) is 8.53. The molecule has 0 spiro atoms. The number of aliphatic hydroxyl groups excluding tert-OH is 1. The van der Waals surface area contributed by atoms with Gasteiger partial charge in [-0.3, -0.25) is 9.59 Å². The summed E-state index contributed by atoms with van der Waals surface area (Å²) in [6.07, 6.45) is 1.76. The molecule has 5 rings (SSSR count). The van der Waals surface area contributed by atoms with Crippen molar-refractivity contribution in [2.45, 2.75) is 19.5 Å². The van der Waals surface area contributed by atoms with Crippen molar-refractivity contribution >= 4 is 28.4 Å². The van der Waals surface area contributed by atoms with Crippen molar-refractivity contribution in [2.24, 2.45) is 0 Å². The zero-order chi connectivity index (χ0) is 24.7. The Labute approximate surface area is 201 Å². The Morgan fingerprint density at radius 2 is 1.83 bits per heavy atom. The summed E-state index contributed by atoms with van der Waals surface area (Å²) in [7, 11) is 1.57. The molecule has 3 aromatic carbocycles. The van der Waals surface area contributed by atoms with Crippen LogP contribution in [0.2, 0.25) is 0 Å². The molecule has 0 saturated carbocycles. The molecule has 35 heavy (non-hydrogen) atoms. The number of Topliss-reactive ketones (excluding diaryl/α,β-unsaturated/α-hetero) is 1. The molecule has 4 aromatic rings. The van der Waals surface area contributed by atoms with E-state index < -0.39 is 23.5 Å². The van der Waals surface area contributed by atoms with E-state index in [1.807, 2.05) is 36.4 Å². The normalized spacial score (nSPS) is 17.3. The van der Waals surface area contributed by atoms with Crippen molar-refractivity contribution < 1.29 is 23.8 Å². The number of aromatic amines is 1. The summed E-state index contributed by atoms with van der Waals surface area (Å²) in [6.45, 7) is 1.73. The van der Waals surface area contributed by atoms with Gasteiger partial charge in [-0.25, -0.2) is 4.39 Å². The van der Waals surface area contributed by atoms with Gasteiger partial charge in [0.1, 0.15) is 17.3 Å². The topological polar surface area (TPSA) is 82.6 Å². The van der Waals surface area contributed by atoms with Gasteiger partial charge in [0.05, 0.1) is 18.7 Å². The van der Waals surface area contributed by atoms with E-state index in [1.165, 1.54) is 23.1 Å². The molecule has 1 aliphatic heterocycles. The van der Waals surface area contributed by atoms with Crippen molar-refractivity contribution in [3.8, 4) is 5.75 Å². The molecule has 6 nitrogen and oxygen atoms in total. The minimum absolute atomic E-state index is 0.0285. The van der Waals surface area contributed by atoms with Gasteiger partial charge in [-0.15, -0.1) is 0 Å². The molecule has 1 saturated heterocycles. The van der Waals surface area contributed by atoms with Crippen LogP contribution in [0, 0.1) is 12.7 Å². The predicted octanol–water partition coefficient (Wildman–Crippen LogP) is 5.25. The molecule has 1 aromatic heterocycles. The molecule has 2 heterocycles. The van der Waals surface area contributed by atoms with E-state index in [0.717, 1.165) is 16.5 Å². The van der Waals surface area contributed by atoms with E-state index >= 15 is 0 Å². The number of carbonyl (C=O) groups is 2. The third kappa shape index (κ3) is 3.85. The fourth-order valence-electron chi connectivity index (χ4n) is 4.56. The number of halogens is 1. The van der Waals surface area contributed by atoms with E-state index in [2.05, 4.69) is 4.98 Å². The average Bonchev–Trinajstić information content (AvgIpc) is 3.40. The van der Waals surface area contributed by atoms with Gasteiger partial charge in [0, 0.05) is 34.8 Å². The quantitative estimate of drug-likeness (QED) is 0.237. The summed E-state index contributed by atoms with van der Waals surface area (Å²) in [5.74, 6) is -1.57. The molecule has 1 atom stereocenters. The number of methoxy groups -OCH3 is 1. The maximum Gasteiger partial charge on any atom is 0.295 e. The molecular weight excluding hydrogens is 447 g/mol. The fraction of sp³-hybridized carbons (Fsp3) is 0.143. The summed E-state index contributed by atoms with van der Waals surface area (Å²) in [6, 6.07) is 18.1. The van der Waals surface area contributed by atoms with Crippen molar-refractivity contribution in [3.63, 3.8) is 0 Å². The Hall–Kier alpha value is -4.39. The number of aromatic nitrogens is 1. The first-order chi connectivity index (χ1) is 16.9. The number of carbonyl (C=O) groups excluding carboxylic acids is 2. The van der Waals surface area contributed by atoms with Crippen LogP contribution in [0.15, 0.2) is 78.5 Å². The molecule has 0 bridgehead atoms. The van der Waals surface area contributed by atoms with Crippen LogP contribution in [-0.4, -0.2) is 33.8 Å². The maximum atomic E-state index is 13.9. The van der Waals surface area contributed by atoms with Crippen molar-refractivity contribution in [1.82, 2.24) is 9.88 Å². The van der Waals surface area contributed by atoms with E-state index in [0.29, 0.717) is 16.9 Å². The number of para-hydroxylation sites is 1. The van der Waals surface area contributed by atoms with E-state index in [1.54, 1.807) is 32.4 Å². The van der Waals surface area contributed by atoms with Crippen molar-refractivity contribution in [3.05, 3.63) is 107 Å². The average molecular weight is 471 g/mol. The molecular formula is C28H23FN2O4. The minimum atomic E-state index is -0.835. The number of nitrogens with zero attached hydrogens (tertiary/aromatic N) is 1. The highest BCUT2D eigenvalue weighted by Crippen LogP contribution is 2.42. The number of rotatable bonds is 5. The second-order valence-electron chi connectivity index (χ2n) is 8.53. The summed E-state index contributed by atoms with van der Waals surface area (Å²) >= 11 is 0. The van der Waals surface area contributed by atoms with Gasteiger partial charge in [0.15, 0.2) is 0 Å². The van der Waals surface area contributed by atoms with Crippen LogP contribution in [0.5, 0.6) is 5.75 Å². The van der Waals surface area contributed by atoms with E-state index in [-0.39, 0.29) is 23.4 Å². The van der Waals surface area contributed by atoms with Gasteiger partial charge >= 0.3 is 0 Å². The molecule has 1 aliphatic rings. The Bertz CT molecular complexity index is 1490. The Morgan fingerprint density at radius 3 is 2.54 bits per heavy atom. The first-order valence-electron chi connectivity index (χ1n) is 11.1. The number of hydrogen-bond acceptors (Lipinski definition) is 4. The Kier molecular flexibility index (Phi) is 5.61. The van der Waals surface area contributed by atoms with Crippen LogP contribution in [0.25, 0.3) is 16.7 Å². The number of aryl methyl sites for hydroxylation is 1. The van der Waals surface area contributed by atoms with E-state index in [9.17, 15) is 19.1 Å². The highest BCUT2D eigenvalue weighted by molar-refractivity contribution is 6.46. The highest BCUT2D eigenvalue weighted by Gasteiger charge is 2.46. The summed E-state index contributed by atoms with van der Waals surface area (Å²) < 4.78 is 19.1. The number of likely N-dealkylation sites (tertiary alicyclic amines) is 1. The van der Waals surface area contributed by atoms with Crippen LogP contribution >= 0.6 is 0 Å². The number of amides is 1. The number of hydrogen-bond donors (Lipinski definition) is 2. The van der Waals surface area contributed by atoms with Crippen LogP contribution in [0.1, 0.15) is 28.3 Å². The SMILES string of the molecule is COc1ccc(CN2C(=O)C(=O)/C(=C(/O)c3ccc(F)c(C)c3)C2c2c[nH]c3ccccc23)cc1. The highest BCUT2D eigenvalue weighted by atomic mass is 19.1. The van der Waals surface area contributed by atoms with Crippen LogP contribution in [0.3, 0.4) is 0 Å². The smallest absolute Gasteiger partial charge is 0.295 e. The number of fused-ring (bicyclic) bond motifs is 1. The molecule has 0 radical (unpaired) electrons. The third-order valence-electron chi connectivity index (χ3n) is 6.40. The number of ketones is 1. The van der Waals surface area contributed by atoms with Crippen LogP contribution in [0.4, 0.5) is 4.39 Å². The lowest BCUT2D eigenvalue weighted by Gasteiger charge is -2.25. The largest absolute Gasteiger partial charge is 0.507 e. The zero-order valence-corrected chi connectivity index (χ0v) is 19.2. The number of aliphatic hydroxyl groups is 1. The van der Waals surface area contributed by atoms with Gasteiger partial charge in [-0.1, -0.05) is 30.3 Å². The van der Waals surface area contributed by atoms with Gasteiger partial charge in [-0.05, 0) is 54.4 Å². The lowest BCUT2D eigenvalue weighted by Crippen LogP contribution is -2.29. The molecule has 176 valence electrons. The molecule has 0 aliphatic carbocycles. The van der Waals surface area contributed by atoms with Gasteiger partial charge in [0.2, 0.25) is 0 Å². The second kappa shape index (κ2) is 8.76. The minimum Gasteiger partial charge on any atom is -0.507 e. The summed E-state index contributed by atoms with van der Waals surface area (Å²) in [5, 5.41) is 12.1. The zero-order valence-electron chi connectivity index (χ0n) is 19.2. The van der Waals surface area contributed by atoms with Crippen molar-refractivity contribution in [2.75, 3.05) is 7.11 Å². The predicted molar refractivity (Wildman–Crippen MR) is 130 cm³/mol. The lowest BCUT2D eigenvalue weighted by molar-refractivity contribution is -0.140. The summed E-state index contributed by atoms with van der Waals surface area (Å²) in [4.78, 5) is 31.2. The standard InChI is InChI=1S/C28H23FN2O4/c1-16-13-18(9-12-22(16)29)26(32)24-25(21-14-30-23-6-4-3-5-20(21)23)31(28(34)27(24)33)15-17-7-10-19(35-2)11-8-17/h3-14,25,30,32H,15H2,1-2H3/b26-24+. The third-order valence-corrected chi connectivity index (χ3v) is 6.40. The first kappa shape index (κ1) is 22.4. The fourth-order valence-corrected chi connectivity index (χ4v) is 4.56. The summed E-state index contributed by atoms with van der Waals surface area (Å²) in [5.41, 5.74) is 2.90. The van der Waals surface area contributed by atoms with Crippen LogP contribution in [-0.2, 0) is 16.1 Å².